The fraction of sp³-hybridized carbons (Fsp3) is 0.471. The first kappa shape index (κ1) is 17.7. The summed E-state index contributed by atoms with van der Waals surface area (Å²) in [4.78, 5) is 9.36. The number of β-amino-alcohol motifs (C(OH)–C–C–N with tert-alkyl or cyclic N) is 1. The van der Waals surface area contributed by atoms with Crippen molar-refractivity contribution in [1.82, 2.24) is 14.8 Å². The van der Waals surface area contributed by atoms with Crippen LogP contribution in [0.15, 0.2) is 18.2 Å². The van der Waals surface area contributed by atoms with E-state index < -0.39 is 0 Å². The third kappa shape index (κ3) is 3.76. The third-order valence-corrected chi connectivity index (χ3v) is 4.96. The summed E-state index contributed by atoms with van der Waals surface area (Å²) in [6, 6.07) is 5.66. The highest BCUT2D eigenvalue weighted by molar-refractivity contribution is 6.39. The van der Waals surface area contributed by atoms with E-state index in [0.29, 0.717) is 21.3 Å². The van der Waals surface area contributed by atoms with Gasteiger partial charge in [0.15, 0.2) is 5.75 Å². The summed E-state index contributed by atoms with van der Waals surface area (Å²) in [6.07, 6.45) is 0. The smallest absolute Gasteiger partial charge is 0.163 e. The maximum atomic E-state index is 9.02. The first-order valence-corrected chi connectivity index (χ1v) is 8.75. The maximum Gasteiger partial charge on any atom is 0.163 e. The minimum absolute atomic E-state index is 0.216. The molecule has 5 nitrogen and oxygen atoms in total. The zero-order valence-corrected chi connectivity index (χ0v) is 15.1. The standard InChI is InChI=1S/C17H21Cl2N3O2/c1-24-17-15(19)10-14(18)13-3-2-12(20-16(13)17)11-22-6-4-21(5-7-22)8-9-23/h2-3,10,23H,4-9,11H2,1H3. The monoisotopic (exact) mass is 369 g/mol. The largest absolute Gasteiger partial charge is 0.493 e. The van der Waals surface area contributed by atoms with E-state index in [-0.39, 0.29) is 6.61 Å². The Hall–Kier alpha value is -1.11. The quantitative estimate of drug-likeness (QED) is 0.877. The van der Waals surface area contributed by atoms with Gasteiger partial charge < -0.3 is 9.84 Å². The number of nitrogens with zero attached hydrogens (tertiary/aromatic N) is 3. The Morgan fingerprint density at radius 1 is 1.12 bits per heavy atom. The molecule has 1 saturated heterocycles. The molecule has 0 atom stereocenters. The van der Waals surface area contributed by atoms with Crippen molar-refractivity contribution in [2.45, 2.75) is 6.54 Å². The van der Waals surface area contributed by atoms with Crippen LogP contribution < -0.4 is 4.74 Å². The second kappa shape index (κ2) is 7.85. The van der Waals surface area contributed by atoms with Crippen LogP contribution in [-0.2, 0) is 6.54 Å². The molecule has 0 aliphatic carbocycles. The van der Waals surface area contributed by atoms with Crippen LogP contribution in [0.2, 0.25) is 10.0 Å². The number of fused-ring (bicyclic) bond motifs is 1. The van der Waals surface area contributed by atoms with Gasteiger partial charge in [-0.2, -0.15) is 0 Å². The van der Waals surface area contributed by atoms with Crippen molar-refractivity contribution >= 4 is 34.1 Å². The molecule has 1 N–H and O–H groups in total. The molecule has 2 aromatic rings. The number of pyridine rings is 1. The number of aliphatic hydroxyl groups is 1. The third-order valence-electron chi connectivity index (χ3n) is 4.37. The van der Waals surface area contributed by atoms with Crippen molar-refractivity contribution in [3.8, 4) is 5.75 Å². The van der Waals surface area contributed by atoms with E-state index in [1.807, 2.05) is 12.1 Å². The van der Waals surface area contributed by atoms with Crippen molar-refractivity contribution in [1.29, 1.82) is 0 Å². The summed E-state index contributed by atoms with van der Waals surface area (Å²) in [6.45, 7) is 5.60. The van der Waals surface area contributed by atoms with Crippen LogP contribution in [-0.4, -0.2) is 66.3 Å². The van der Waals surface area contributed by atoms with Gasteiger partial charge in [0.25, 0.3) is 0 Å². The summed E-state index contributed by atoms with van der Waals surface area (Å²) >= 11 is 12.5. The molecule has 1 fully saturated rings. The zero-order valence-electron chi connectivity index (χ0n) is 13.6. The van der Waals surface area contributed by atoms with Crippen LogP contribution in [0.3, 0.4) is 0 Å². The predicted molar refractivity (Wildman–Crippen MR) is 97.1 cm³/mol. The van der Waals surface area contributed by atoms with E-state index in [2.05, 4.69) is 9.80 Å². The van der Waals surface area contributed by atoms with E-state index >= 15 is 0 Å². The minimum Gasteiger partial charge on any atom is -0.493 e. The van der Waals surface area contributed by atoms with E-state index in [1.165, 1.54) is 0 Å². The topological polar surface area (TPSA) is 48.8 Å². The summed E-state index contributed by atoms with van der Waals surface area (Å²) in [5, 5.41) is 10.9. The van der Waals surface area contributed by atoms with Gasteiger partial charge in [0.2, 0.25) is 0 Å². The molecule has 0 spiro atoms. The number of aliphatic hydroxyl groups excluding tert-OH is 1. The lowest BCUT2D eigenvalue weighted by Crippen LogP contribution is -2.46. The van der Waals surface area contributed by atoms with Gasteiger partial charge in [0, 0.05) is 44.7 Å². The second-order valence-corrected chi connectivity index (χ2v) is 6.73. The molecule has 1 aromatic carbocycles. The first-order chi connectivity index (χ1) is 11.6. The molecule has 1 aliphatic heterocycles. The molecule has 0 bridgehead atoms. The van der Waals surface area contributed by atoms with E-state index in [1.54, 1.807) is 13.2 Å². The lowest BCUT2D eigenvalue weighted by molar-refractivity contribution is 0.108. The number of rotatable bonds is 5. The highest BCUT2D eigenvalue weighted by Crippen LogP contribution is 2.37. The minimum atomic E-state index is 0.216. The van der Waals surface area contributed by atoms with E-state index in [4.69, 9.17) is 38.0 Å². The molecule has 2 heterocycles. The summed E-state index contributed by atoms with van der Waals surface area (Å²) in [5.41, 5.74) is 1.67. The molecule has 0 radical (unpaired) electrons. The van der Waals surface area contributed by atoms with Gasteiger partial charge in [-0.25, -0.2) is 4.98 Å². The molecule has 0 amide bonds. The molecule has 0 unspecified atom stereocenters. The van der Waals surface area contributed by atoms with E-state index in [0.717, 1.165) is 50.3 Å². The zero-order chi connectivity index (χ0) is 17.1. The lowest BCUT2D eigenvalue weighted by atomic mass is 10.1. The molecular weight excluding hydrogens is 349 g/mol. The number of methoxy groups -OCH3 is 1. The normalized spacial score (nSPS) is 16.7. The lowest BCUT2D eigenvalue weighted by Gasteiger charge is -2.34. The van der Waals surface area contributed by atoms with Gasteiger partial charge in [0.05, 0.1) is 29.5 Å². The van der Waals surface area contributed by atoms with E-state index in [9.17, 15) is 0 Å². The predicted octanol–water partition coefficient (Wildman–Crippen LogP) is 2.66. The fourth-order valence-corrected chi connectivity index (χ4v) is 3.65. The summed E-state index contributed by atoms with van der Waals surface area (Å²) in [7, 11) is 1.59. The average molecular weight is 370 g/mol. The Balaban J connectivity index is 1.79. The highest BCUT2D eigenvalue weighted by atomic mass is 35.5. The Morgan fingerprint density at radius 3 is 2.50 bits per heavy atom. The molecule has 24 heavy (non-hydrogen) atoms. The maximum absolute atomic E-state index is 9.02. The van der Waals surface area contributed by atoms with Crippen LogP contribution in [0.5, 0.6) is 5.75 Å². The Kier molecular flexibility index (Phi) is 5.79. The molecule has 1 aromatic heterocycles. The van der Waals surface area contributed by atoms with Crippen LogP contribution in [0.25, 0.3) is 10.9 Å². The Morgan fingerprint density at radius 2 is 1.83 bits per heavy atom. The SMILES string of the molecule is COc1c(Cl)cc(Cl)c2ccc(CN3CCN(CCO)CC3)nc12. The Bertz CT molecular complexity index is 719. The van der Waals surface area contributed by atoms with Crippen LogP contribution >= 0.6 is 23.2 Å². The molecular formula is C17H21Cl2N3O2. The van der Waals surface area contributed by atoms with Gasteiger partial charge >= 0.3 is 0 Å². The number of hydrogen-bond acceptors (Lipinski definition) is 5. The van der Waals surface area contributed by atoms with Gasteiger partial charge in [-0.1, -0.05) is 23.2 Å². The summed E-state index contributed by atoms with van der Waals surface area (Å²) in [5.74, 6) is 0.561. The van der Waals surface area contributed by atoms with Gasteiger partial charge in [0.1, 0.15) is 5.52 Å². The van der Waals surface area contributed by atoms with Crippen LogP contribution in [0.1, 0.15) is 5.69 Å². The first-order valence-electron chi connectivity index (χ1n) is 7.99. The van der Waals surface area contributed by atoms with Crippen LogP contribution in [0.4, 0.5) is 0 Å². The second-order valence-electron chi connectivity index (χ2n) is 5.91. The number of benzene rings is 1. The summed E-state index contributed by atoms with van der Waals surface area (Å²) < 4.78 is 5.40. The van der Waals surface area contributed by atoms with Gasteiger partial charge in [-0.3, -0.25) is 9.80 Å². The number of halogens is 2. The number of aromatic nitrogens is 1. The molecule has 7 heteroatoms. The molecule has 130 valence electrons. The van der Waals surface area contributed by atoms with Gasteiger partial charge in [-0.15, -0.1) is 0 Å². The van der Waals surface area contributed by atoms with Crippen molar-refractivity contribution in [3.63, 3.8) is 0 Å². The highest BCUT2D eigenvalue weighted by Gasteiger charge is 2.18. The van der Waals surface area contributed by atoms with Crippen molar-refractivity contribution < 1.29 is 9.84 Å². The fourth-order valence-electron chi connectivity index (χ4n) is 3.06. The molecule has 0 saturated carbocycles. The van der Waals surface area contributed by atoms with Crippen molar-refractivity contribution in [2.24, 2.45) is 0 Å². The van der Waals surface area contributed by atoms with Gasteiger partial charge in [-0.05, 0) is 18.2 Å². The number of piperazine rings is 1. The Labute approximate surface area is 151 Å². The molecule has 1 aliphatic rings. The van der Waals surface area contributed by atoms with Crippen LogP contribution in [0, 0.1) is 0 Å². The van der Waals surface area contributed by atoms with Crippen molar-refractivity contribution in [2.75, 3.05) is 46.4 Å². The van der Waals surface area contributed by atoms with Crippen molar-refractivity contribution in [3.05, 3.63) is 33.9 Å². The number of hydrogen-bond donors (Lipinski definition) is 1. The number of ether oxygens (including phenoxy) is 1. The molecule has 3 rings (SSSR count). The average Bonchev–Trinajstić information content (AvgIpc) is 2.57.